The number of carbonyl (C=O) groups excluding carboxylic acids is 1. The highest BCUT2D eigenvalue weighted by Crippen LogP contribution is 2.43. The van der Waals surface area contributed by atoms with Crippen molar-refractivity contribution in [2.45, 2.75) is 63.7 Å². The first-order valence-corrected chi connectivity index (χ1v) is 17.4. The van der Waals surface area contributed by atoms with Gasteiger partial charge >= 0.3 is 6.09 Å². The smallest absolute Gasteiger partial charge is 0.410 e. The first kappa shape index (κ1) is 33.4. The van der Waals surface area contributed by atoms with Crippen molar-refractivity contribution in [1.82, 2.24) is 19.2 Å². The Morgan fingerprint density at radius 3 is 1.88 bits per heavy atom. The Morgan fingerprint density at radius 2 is 1.42 bits per heavy atom. The molecule has 2 aromatic heterocycles. The highest BCUT2D eigenvalue weighted by atomic mass is 32.1. The molecule has 1 aliphatic heterocycles. The van der Waals surface area contributed by atoms with Crippen LogP contribution in [-0.2, 0) is 17.3 Å². The fourth-order valence-electron chi connectivity index (χ4n) is 6.96. The predicted octanol–water partition coefficient (Wildman–Crippen LogP) is 7.16. The van der Waals surface area contributed by atoms with Crippen molar-refractivity contribution >= 4 is 17.4 Å². The number of piperidine rings is 1. The summed E-state index contributed by atoms with van der Waals surface area (Å²) in [5.74, 6) is 0.167. The Bertz CT molecular complexity index is 1820. The Kier molecular flexibility index (Phi) is 9.45. The monoisotopic (exact) mass is 663 g/mol. The summed E-state index contributed by atoms with van der Waals surface area (Å²) in [7, 11) is 3.74. The van der Waals surface area contributed by atoms with Crippen LogP contribution >= 0.6 is 11.3 Å². The van der Waals surface area contributed by atoms with Gasteiger partial charge in [-0.3, -0.25) is 4.99 Å². The highest BCUT2D eigenvalue weighted by molar-refractivity contribution is 7.09. The molecule has 6 rings (SSSR count). The lowest BCUT2D eigenvalue weighted by molar-refractivity contribution is 0.0205. The van der Waals surface area contributed by atoms with Crippen LogP contribution in [0.25, 0.3) is 0 Å². The minimum Gasteiger partial charge on any atom is -0.444 e. The number of aliphatic hydroxyl groups excluding tert-OH is 1. The Labute approximate surface area is 287 Å². The number of nitrogens with zero attached hydrogens (tertiary/aromatic N) is 5. The van der Waals surface area contributed by atoms with Crippen molar-refractivity contribution in [1.29, 1.82) is 0 Å². The summed E-state index contributed by atoms with van der Waals surface area (Å²) in [5, 5.41) is 17.5. The van der Waals surface area contributed by atoms with E-state index in [1.54, 1.807) is 23.3 Å². The summed E-state index contributed by atoms with van der Waals surface area (Å²) >= 11 is 1.61. The van der Waals surface area contributed by atoms with Crippen molar-refractivity contribution in [2.75, 3.05) is 20.1 Å². The fourth-order valence-corrected chi connectivity index (χ4v) is 8.24. The van der Waals surface area contributed by atoms with Gasteiger partial charge in [0.15, 0.2) is 4.80 Å². The van der Waals surface area contributed by atoms with Gasteiger partial charge in [0, 0.05) is 37.8 Å². The summed E-state index contributed by atoms with van der Waals surface area (Å²) in [6.45, 7) is 8.91. The van der Waals surface area contributed by atoms with Crippen LogP contribution in [0.1, 0.15) is 84.3 Å². The van der Waals surface area contributed by atoms with E-state index in [1.807, 2.05) is 56.7 Å². The molecule has 0 bridgehead atoms. The van der Waals surface area contributed by atoms with Gasteiger partial charge in [-0.25, -0.2) is 9.48 Å². The number of aryl methyl sites for hydroxylation is 1. The number of rotatable bonds is 7. The van der Waals surface area contributed by atoms with E-state index >= 15 is 0 Å². The third-order valence-electron chi connectivity index (χ3n) is 9.15. The zero-order valence-electron chi connectivity index (χ0n) is 28.6. The molecule has 3 aromatic carbocycles. The van der Waals surface area contributed by atoms with E-state index in [1.165, 1.54) is 0 Å². The van der Waals surface area contributed by atoms with Crippen LogP contribution in [0.2, 0.25) is 0 Å². The standard InChI is InChI=1S/C39H45N5O3S/c1-27-26-32(34(45)33-35(48-36(40-5)42(33)6)28-22-24-43(25-23-28)37(46)47-38(2,3)4)41-44(27)39(29-16-10-7-11-17-29,30-18-12-8-13-19-30)31-20-14-9-15-21-31/h7-21,26,28,34,45H,22-25H2,1-6H3. The third-order valence-corrected chi connectivity index (χ3v) is 10.5. The van der Waals surface area contributed by atoms with Gasteiger partial charge in [-0.2, -0.15) is 5.10 Å². The first-order chi connectivity index (χ1) is 23.0. The number of carbonyl (C=O) groups is 1. The highest BCUT2D eigenvalue weighted by Gasteiger charge is 2.41. The number of benzene rings is 3. The number of ether oxygens (including phenoxy) is 1. The minimum atomic E-state index is -0.986. The molecule has 1 fully saturated rings. The van der Waals surface area contributed by atoms with Gasteiger partial charge in [0.2, 0.25) is 0 Å². The molecular formula is C39H45N5O3S. The number of hydrogen-bond donors (Lipinski definition) is 1. The van der Waals surface area contributed by atoms with Gasteiger partial charge in [0.1, 0.15) is 17.2 Å². The molecule has 9 heteroatoms. The van der Waals surface area contributed by atoms with Crippen LogP contribution in [-0.4, -0.2) is 56.2 Å². The van der Waals surface area contributed by atoms with E-state index < -0.39 is 17.2 Å². The molecule has 0 spiro atoms. The van der Waals surface area contributed by atoms with E-state index in [0.717, 1.165) is 50.6 Å². The lowest BCUT2D eigenvalue weighted by Crippen LogP contribution is -2.41. The molecule has 0 radical (unpaired) electrons. The molecular weight excluding hydrogens is 619 g/mol. The maximum atomic E-state index is 12.8. The lowest BCUT2D eigenvalue weighted by atomic mass is 9.77. The Morgan fingerprint density at radius 1 is 0.917 bits per heavy atom. The second-order valence-corrected chi connectivity index (χ2v) is 14.5. The Hall–Kier alpha value is -4.47. The quantitative estimate of drug-likeness (QED) is 0.187. The van der Waals surface area contributed by atoms with Crippen LogP contribution in [0, 0.1) is 6.92 Å². The van der Waals surface area contributed by atoms with E-state index in [9.17, 15) is 9.90 Å². The second kappa shape index (κ2) is 13.6. The van der Waals surface area contributed by atoms with Crippen LogP contribution < -0.4 is 4.80 Å². The van der Waals surface area contributed by atoms with E-state index in [4.69, 9.17) is 9.84 Å². The van der Waals surface area contributed by atoms with Crippen LogP contribution in [0.15, 0.2) is 102 Å². The summed E-state index contributed by atoms with van der Waals surface area (Å²) < 4.78 is 9.70. The van der Waals surface area contributed by atoms with Gasteiger partial charge in [0.25, 0.3) is 0 Å². The molecule has 1 N–H and O–H groups in total. The molecule has 3 heterocycles. The zero-order valence-corrected chi connectivity index (χ0v) is 29.4. The van der Waals surface area contributed by atoms with Crippen molar-refractivity contribution < 1.29 is 14.6 Å². The van der Waals surface area contributed by atoms with Gasteiger partial charge in [-0.15, -0.1) is 11.3 Å². The van der Waals surface area contributed by atoms with Crippen molar-refractivity contribution in [3.8, 4) is 0 Å². The van der Waals surface area contributed by atoms with Crippen LogP contribution in [0.4, 0.5) is 4.79 Å². The number of hydrogen-bond acceptors (Lipinski definition) is 6. The number of aliphatic hydroxyl groups is 1. The second-order valence-electron chi connectivity index (χ2n) is 13.5. The average molecular weight is 664 g/mol. The maximum absolute atomic E-state index is 12.8. The molecule has 5 aromatic rings. The normalized spacial score (nSPS) is 15.5. The van der Waals surface area contributed by atoms with Crippen LogP contribution in [0.3, 0.4) is 0 Å². The summed E-state index contributed by atoms with van der Waals surface area (Å²) in [6.07, 6.45) is 0.285. The fraction of sp³-hybridized carbons (Fsp3) is 0.359. The van der Waals surface area contributed by atoms with E-state index in [2.05, 4.69) is 89.4 Å². The summed E-state index contributed by atoms with van der Waals surface area (Å²) in [5.41, 5.74) is 4.18. The minimum absolute atomic E-state index is 0.167. The van der Waals surface area contributed by atoms with Crippen molar-refractivity contribution in [3.05, 3.63) is 141 Å². The number of thiazole rings is 1. The van der Waals surface area contributed by atoms with E-state index in [0.29, 0.717) is 18.8 Å². The molecule has 1 unspecified atom stereocenters. The largest absolute Gasteiger partial charge is 0.444 e. The molecule has 8 nitrogen and oxygen atoms in total. The molecule has 0 saturated carbocycles. The molecule has 250 valence electrons. The lowest BCUT2D eigenvalue weighted by Gasteiger charge is -2.37. The zero-order chi connectivity index (χ0) is 34.1. The number of likely N-dealkylation sites (tertiary alicyclic amines) is 1. The van der Waals surface area contributed by atoms with Crippen LogP contribution in [0.5, 0.6) is 0 Å². The summed E-state index contributed by atoms with van der Waals surface area (Å²) in [4.78, 5) is 21.0. The summed E-state index contributed by atoms with van der Waals surface area (Å²) in [6, 6.07) is 33.3. The van der Waals surface area contributed by atoms with Crippen molar-refractivity contribution in [3.63, 3.8) is 0 Å². The molecule has 1 aliphatic rings. The Balaban J connectivity index is 1.43. The predicted molar refractivity (Wildman–Crippen MR) is 190 cm³/mol. The van der Waals surface area contributed by atoms with Gasteiger partial charge in [-0.1, -0.05) is 91.0 Å². The number of aromatic nitrogens is 3. The molecule has 1 saturated heterocycles. The molecule has 1 amide bonds. The number of amides is 1. The first-order valence-electron chi connectivity index (χ1n) is 16.6. The average Bonchev–Trinajstić information content (AvgIpc) is 3.65. The topological polar surface area (TPSA) is 84.9 Å². The van der Waals surface area contributed by atoms with Gasteiger partial charge in [0.05, 0.1) is 11.4 Å². The van der Waals surface area contributed by atoms with Gasteiger partial charge < -0.3 is 19.3 Å². The maximum Gasteiger partial charge on any atom is 0.410 e. The SMILES string of the molecule is CN=c1sc(C2CCN(C(=O)OC(C)(C)C)CC2)c(C(O)c2cc(C)n(C(c3ccccc3)(c3ccccc3)c3ccccc3)n2)n1C. The third kappa shape index (κ3) is 6.24. The van der Waals surface area contributed by atoms with E-state index in [-0.39, 0.29) is 12.0 Å². The molecule has 1 atom stereocenters. The van der Waals surface area contributed by atoms with Gasteiger partial charge in [-0.05, 0) is 69.2 Å². The molecule has 48 heavy (non-hydrogen) atoms. The van der Waals surface area contributed by atoms with Crippen molar-refractivity contribution in [2.24, 2.45) is 12.0 Å². The molecule has 0 aliphatic carbocycles.